The standard InChI is InChI=1S/4C5H12/c1-5(2,3)4;3*1-4-5(2)3/h1-4H3;3*5H,4H2,1-3H3. The van der Waals surface area contributed by atoms with Crippen LogP contribution in [0.15, 0.2) is 0 Å². The molecule has 0 amide bonds. The minimum Gasteiger partial charge on any atom is -0.0651 e. The van der Waals surface area contributed by atoms with Gasteiger partial charge in [0.05, 0.1) is 0 Å². The van der Waals surface area contributed by atoms with Gasteiger partial charge in [-0.1, -0.05) is 109 Å². The highest BCUT2D eigenvalue weighted by Crippen LogP contribution is 2.08. The third-order valence-corrected chi connectivity index (χ3v) is 2.45. The lowest BCUT2D eigenvalue weighted by molar-refractivity contribution is 0.469. The quantitative estimate of drug-likeness (QED) is 0.490. The first-order chi connectivity index (χ1) is 8.81. The van der Waals surface area contributed by atoms with E-state index in [2.05, 4.69) is 90.0 Å². The average Bonchev–Trinajstić information content (AvgIpc) is 2.28. The third kappa shape index (κ3) is 144. The second-order valence-electron chi connectivity index (χ2n) is 8.41. The van der Waals surface area contributed by atoms with E-state index in [0.29, 0.717) is 5.41 Å². The highest BCUT2D eigenvalue weighted by Gasteiger charge is 1.95. The Kier molecular flexibility index (Phi) is 26.8. The first kappa shape index (κ1) is 28.2. The van der Waals surface area contributed by atoms with Crippen molar-refractivity contribution in [1.29, 1.82) is 0 Å². The highest BCUT2D eigenvalue weighted by atomic mass is 14.0. The smallest absolute Gasteiger partial charge is 0.0411 e. The topological polar surface area (TPSA) is 0 Å². The van der Waals surface area contributed by atoms with Crippen LogP contribution >= 0.6 is 0 Å². The summed E-state index contributed by atoms with van der Waals surface area (Å²) in [6, 6.07) is 0. The number of hydrogen-bond donors (Lipinski definition) is 0. The Hall–Kier alpha value is 0. The monoisotopic (exact) mass is 288 g/mol. The summed E-state index contributed by atoms with van der Waals surface area (Å²) >= 11 is 0. The van der Waals surface area contributed by atoms with Crippen molar-refractivity contribution >= 4 is 0 Å². The van der Waals surface area contributed by atoms with Gasteiger partial charge >= 0.3 is 0 Å². The van der Waals surface area contributed by atoms with Crippen LogP contribution in [0.5, 0.6) is 0 Å². The maximum absolute atomic E-state index is 2.22. The SMILES string of the molecule is CC(C)(C)C.CCC(C)C.CCC(C)C.CCC(C)C. The predicted octanol–water partition coefficient (Wildman–Crippen LogP) is 8.21. The molecule has 0 nitrogen and oxygen atoms in total. The first-order valence-electron chi connectivity index (χ1n) is 8.81. The predicted molar refractivity (Wildman–Crippen MR) is 101 cm³/mol. The van der Waals surface area contributed by atoms with Crippen LogP contribution in [0.1, 0.15) is 109 Å². The van der Waals surface area contributed by atoms with Crippen molar-refractivity contribution in [1.82, 2.24) is 0 Å². The lowest BCUT2D eigenvalue weighted by Crippen LogP contribution is -1.93. The van der Waals surface area contributed by atoms with Gasteiger partial charge in [-0.15, -0.1) is 0 Å². The van der Waals surface area contributed by atoms with Crippen molar-refractivity contribution in [2.45, 2.75) is 109 Å². The van der Waals surface area contributed by atoms with Crippen LogP contribution in [0.3, 0.4) is 0 Å². The van der Waals surface area contributed by atoms with Gasteiger partial charge in [0.25, 0.3) is 0 Å². The molecule has 0 heterocycles. The molecule has 0 N–H and O–H groups in total. The van der Waals surface area contributed by atoms with Crippen LogP contribution in [0, 0.1) is 23.2 Å². The highest BCUT2D eigenvalue weighted by molar-refractivity contribution is 4.47. The van der Waals surface area contributed by atoms with Gasteiger partial charge in [-0.2, -0.15) is 0 Å². The molecular weight excluding hydrogens is 240 g/mol. The van der Waals surface area contributed by atoms with Gasteiger partial charge in [0.1, 0.15) is 0 Å². The van der Waals surface area contributed by atoms with E-state index < -0.39 is 0 Å². The maximum atomic E-state index is 2.22. The number of hydrogen-bond acceptors (Lipinski definition) is 0. The minimum atomic E-state index is 0.500. The van der Waals surface area contributed by atoms with Gasteiger partial charge in [-0.05, 0) is 23.2 Å². The molecule has 0 saturated carbocycles. The van der Waals surface area contributed by atoms with Crippen molar-refractivity contribution in [3.05, 3.63) is 0 Å². The molecule has 0 unspecified atom stereocenters. The third-order valence-electron chi connectivity index (χ3n) is 2.45. The second-order valence-corrected chi connectivity index (χ2v) is 8.41. The normalized spacial score (nSPS) is 10.2. The van der Waals surface area contributed by atoms with Crippen LogP contribution in [-0.4, -0.2) is 0 Å². The summed E-state index contributed by atoms with van der Waals surface area (Å²) in [6.07, 6.45) is 3.92. The molecule has 0 spiro atoms. The molecule has 0 rings (SSSR count). The summed E-state index contributed by atoms with van der Waals surface area (Å²) in [6.45, 7) is 28.7. The largest absolute Gasteiger partial charge is 0.0651 e. The molecule has 0 heteroatoms. The van der Waals surface area contributed by atoms with Crippen LogP contribution in [0.4, 0.5) is 0 Å². The Bertz CT molecular complexity index is 110. The zero-order chi connectivity index (χ0) is 17.4. The molecule has 0 aliphatic rings. The van der Waals surface area contributed by atoms with Crippen molar-refractivity contribution in [3.63, 3.8) is 0 Å². The maximum Gasteiger partial charge on any atom is -0.0411 e. The second kappa shape index (κ2) is 19.0. The van der Waals surface area contributed by atoms with Gasteiger partial charge in [0, 0.05) is 0 Å². The van der Waals surface area contributed by atoms with Crippen LogP contribution < -0.4 is 0 Å². The van der Waals surface area contributed by atoms with E-state index >= 15 is 0 Å². The summed E-state index contributed by atoms with van der Waals surface area (Å²) in [5.74, 6) is 2.65. The van der Waals surface area contributed by atoms with E-state index in [-0.39, 0.29) is 0 Å². The zero-order valence-corrected chi connectivity index (χ0v) is 17.4. The molecule has 0 aromatic carbocycles. The van der Waals surface area contributed by atoms with E-state index in [1.807, 2.05) is 0 Å². The fraction of sp³-hybridized carbons (Fsp3) is 1.00. The summed E-state index contributed by atoms with van der Waals surface area (Å²) < 4.78 is 0. The van der Waals surface area contributed by atoms with Crippen LogP contribution in [0.2, 0.25) is 0 Å². The van der Waals surface area contributed by atoms with Crippen LogP contribution in [0.25, 0.3) is 0 Å². The lowest BCUT2D eigenvalue weighted by atomic mass is 10.0. The molecule has 0 saturated heterocycles. The fourth-order valence-electron chi connectivity index (χ4n) is 0. The van der Waals surface area contributed by atoms with Gasteiger partial charge in [-0.25, -0.2) is 0 Å². The van der Waals surface area contributed by atoms with Crippen LogP contribution in [-0.2, 0) is 0 Å². The Morgan fingerprint density at radius 3 is 0.550 bits per heavy atom. The molecule has 0 fully saturated rings. The van der Waals surface area contributed by atoms with Gasteiger partial charge in [-0.3, -0.25) is 0 Å². The minimum absolute atomic E-state index is 0.500. The van der Waals surface area contributed by atoms with Crippen molar-refractivity contribution < 1.29 is 0 Å². The molecule has 0 aliphatic heterocycles. The Morgan fingerprint density at radius 1 is 0.500 bits per heavy atom. The summed E-state index contributed by atoms with van der Waals surface area (Å²) in [7, 11) is 0. The molecular formula is C20H48. The molecule has 0 bridgehead atoms. The Morgan fingerprint density at radius 2 is 0.550 bits per heavy atom. The average molecular weight is 289 g/mol. The fourth-order valence-corrected chi connectivity index (χ4v) is 0. The van der Waals surface area contributed by atoms with Crippen molar-refractivity contribution in [2.75, 3.05) is 0 Å². The van der Waals surface area contributed by atoms with E-state index in [1.54, 1.807) is 0 Å². The summed E-state index contributed by atoms with van der Waals surface area (Å²) in [4.78, 5) is 0. The van der Waals surface area contributed by atoms with Crippen molar-refractivity contribution in [2.24, 2.45) is 23.2 Å². The molecule has 0 aliphatic carbocycles. The van der Waals surface area contributed by atoms with E-state index in [1.165, 1.54) is 19.3 Å². The van der Waals surface area contributed by atoms with E-state index in [0.717, 1.165) is 17.8 Å². The molecule has 0 radical (unpaired) electrons. The van der Waals surface area contributed by atoms with E-state index in [4.69, 9.17) is 0 Å². The first-order valence-corrected chi connectivity index (χ1v) is 8.81. The molecule has 0 atom stereocenters. The van der Waals surface area contributed by atoms with Gasteiger partial charge in [0.15, 0.2) is 0 Å². The van der Waals surface area contributed by atoms with Gasteiger partial charge in [0.2, 0.25) is 0 Å². The summed E-state index contributed by atoms with van der Waals surface area (Å²) in [5.41, 5.74) is 0.500. The zero-order valence-electron chi connectivity index (χ0n) is 17.4. The van der Waals surface area contributed by atoms with E-state index in [9.17, 15) is 0 Å². The Labute approximate surface area is 133 Å². The van der Waals surface area contributed by atoms with Gasteiger partial charge < -0.3 is 0 Å². The molecule has 128 valence electrons. The number of rotatable bonds is 3. The molecule has 0 aromatic heterocycles. The van der Waals surface area contributed by atoms with Crippen molar-refractivity contribution in [3.8, 4) is 0 Å². The summed E-state index contributed by atoms with van der Waals surface area (Å²) in [5, 5.41) is 0. The lowest BCUT2D eigenvalue weighted by Gasteiger charge is -2.05. The molecule has 0 aromatic rings. The Balaban J connectivity index is -0.0000000853. The molecule has 20 heavy (non-hydrogen) atoms.